The monoisotopic (exact) mass is 255 g/mol. The summed E-state index contributed by atoms with van der Waals surface area (Å²) in [6, 6.07) is 1.96. The normalized spacial score (nSPS) is 11.1. The first-order valence-corrected chi connectivity index (χ1v) is 5.99. The molecule has 5 heteroatoms. The van der Waals surface area contributed by atoms with Crippen LogP contribution in [0.5, 0.6) is 0 Å². The number of carbonyl (C=O) groups excluding carboxylic acids is 1. The topological polar surface area (TPSA) is 71.8 Å². The third kappa shape index (κ3) is 1.74. The lowest BCUT2D eigenvalue weighted by Crippen LogP contribution is -1.91. The number of ketones is 1. The van der Waals surface area contributed by atoms with Crippen molar-refractivity contribution in [1.29, 1.82) is 0 Å². The molecule has 3 aromatic rings. The molecule has 0 aliphatic heterocycles. The number of pyridine rings is 1. The summed E-state index contributed by atoms with van der Waals surface area (Å²) in [7, 11) is 0. The highest BCUT2D eigenvalue weighted by molar-refractivity contribution is 6.05. The fourth-order valence-corrected chi connectivity index (χ4v) is 2.31. The van der Waals surface area contributed by atoms with E-state index in [0.717, 1.165) is 28.1 Å². The van der Waals surface area contributed by atoms with Crippen molar-refractivity contribution in [2.75, 3.05) is 0 Å². The average Bonchev–Trinajstić information content (AvgIpc) is 2.92. The molecule has 3 aromatic heterocycles. The molecule has 0 saturated carbocycles. The lowest BCUT2D eigenvalue weighted by atomic mass is 10.1. The number of rotatable bonds is 2. The van der Waals surface area contributed by atoms with Gasteiger partial charge < -0.3 is 9.51 Å². The van der Waals surface area contributed by atoms with Crippen LogP contribution in [0.2, 0.25) is 0 Å². The molecule has 0 fully saturated rings. The van der Waals surface area contributed by atoms with Gasteiger partial charge in [-0.15, -0.1) is 0 Å². The maximum absolute atomic E-state index is 11.5. The van der Waals surface area contributed by atoms with Crippen LogP contribution in [0.3, 0.4) is 0 Å². The van der Waals surface area contributed by atoms with E-state index in [1.807, 2.05) is 19.9 Å². The third-order valence-electron chi connectivity index (χ3n) is 3.22. The van der Waals surface area contributed by atoms with Crippen LogP contribution in [-0.4, -0.2) is 20.9 Å². The zero-order valence-electron chi connectivity index (χ0n) is 10.9. The fraction of sp³-hybridized carbons (Fsp3) is 0.214. The Kier molecular flexibility index (Phi) is 2.48. The Morgan fingerprint density at radius 2 is 2.16 bits per heavy atom. The van der Waals surface area contributed by atoms with Crippen molar-refractivity contribution in [3.63, 3.8) is 0 Å². The predicted molar refractivity (Wildman–Crippen MR) is 71.1 cm³/mol. The summed E-state index contributed by atoms with van der Waals surface area (Å²) in [5.74, 6) is 0.765. The largest absolute Gasteiger partial charge is 0.361 e. The molecule has 19 heavy (non-hydrogen) atoms. The first-order chi connectivity index (χ1) is 9.08. The van der Waals surface area contributed by atoms with Gasteiger partial charge >= 0.3 is 0 Å². The molecule has 0 saturated heterocycles. The summed E-state index contributed by atoms with van der Waals surface area (Å²) < 4.78 is 5.16. The molecular weight excluding hydrogens is 242 g/mol. The molecule has 3 rings (SSSR count). The Hall–Kier alpha value is -2.43. The summed E-state index contributed by atoms with van der Waals surface area (Å²) in [5, 5.41) is 3.94. The number of carbonyl (C=O) groups is 1. The van der Waals surface area contributed by atoms with Crippen molar-refractivity contribution in [3.05, 3.63) is 35.5 Å². The summed E-state index contributed by atoms with van der Waals surface area (Å²) >= 11 is 0. The van der Waals surface area contributed by atoms with Crippen LogP contribution in [0.15, 0.2) is 23.0 Å². The van der Waals surface area contributed by atoms with Crippen LogP contribution >= 0.6 is 0 Å². The Morgan fingerprint density at radius 3 is 2.79 bits per heavy atom. The number of nitrogens with zero attached hydrogens (tertiary/aromatic N) is 2. The van der Waals surface area contributed by atoms with Crippen LogP contribution < -0.4 is 0 Å². The lowest BCUT2D eigenvalue weighted by Gasteiger charge is -2.00. The van der Waals surface area contributed by atoms with E-state index in [2.05, 4.69) is 15.1 Å². The number of hydrogen-bond acceptors (Lipinski definition) is 4. The molecule has 0 amide bonds. The van der Waals surface area contributed by atoms with Crippen LogP contribution in [0.25, 0.3) is 22.2 Å². The molecule has 0 unspecified atom stereocenters. The lowest BCUT2D eigenvalue weighted by molar-refractivity contribution is 0.101. The molecule has 0 bridgehead atoms. The molecule has 0 radical (unpaired) electrons. The second kappa shape index (κ2) is 4.05. The van der Waals surface area contributed by atoms with Gasteiger partial charge in [0.1, 0.15) is 5.76 Å². The Bertz CT molecular complexity index is 764. The second-order valence-corrected chi connectivity index (χ2v) is 4.58. The van der Waals surface area contributed by atoms with E-state index in [1.165, 1.54) is 6.92 Å². The van der Waals surface area contributed by atoms with E-state index >= 15 is 0 Å². The van der Waals surface area contributed by atoms with E-state index in [4.69, 9.17) is 4.52 Å². The predicted octanol–water partition coefficient (Wildman–Crippen LogP) is 3.04. The molecule has 0 aliphatic carbocycles. The molecule has 0 spiro atoms. The first-order valence-electron chi connectivity index (χ1n) is 5.99. The highest BCUT2D eigenvalue weighted by Crippen LogP contribution is 2.28. The van der Waals surface area contributed by atoms with Gasteiger partial charge in [0.2, 0.25) is 0 Å². The van der Waals surface area contributed by atoms with Crippen LogP contribution in [-0.2, 0) is 0 Å². The zero-order chi connectivity index (χ0) is 13.6. The number of aromatic amines is 1. The van der Waals surface area contributed by atoms with Crippen molar-refractivity contribution in [3.8, 4) is 11.1 Å². The summed E-state index contributed by atoms with van der Waals surface area (Å²) in [6.45, 7) is 5.30. The van der Waals surface area contributed by atoms with E-state index in [9.17, 15) is 4.79 Å². The average molecular weight is 255 g/mol. The number of fused-ring (bicyclic) bond motifs is 1. The number of H-pyrrole nitrogens is 1. The molecule has 0 atom stereocenters. The molecule has 0 aliphatic rings. The molecular formula is C14H13N3O2. The van der Waals surface area contributed by atoms with Crippen LogP contribution in [0, 0.1) is 13.8 Å². The molecule has 0 aromatic carbocycles. The van der Waals surface area contributed by atoms with E-state index in [1.54, 1.807) is 12.4 Å². The number of hydrogen-bond donors (Lipinski definition) is 1. The van der Waals surface area contributed by atoms with Crippen molar-refractivity contribution in [2.24, 2.45) is 0 Å². The minimum atomic E-state index is 0.00355. The molecule has 1 N–H and O–H groups in total. The number of Topliss-reactive ketones (excluding diaryl/α,β-unsaturated/α-hetero) is 1. The van der Waals surface area contributed by atoms with Gasteiger partial charge in [-0.2, -0.15) is 0 Å². The SMILES string of the molecule is CC(=O)c1c[nH]c2cc(-c3c(C)noc3C)cnc12. The summed E-state index contributed by atoms with van der Waals surface area (Å²) in [5.41, 5.74) is 4.86. The van der Waals surface area contributed by atoms with Gasteiger partial charge in [-0.3, -0.25) is 9.78 Å². The third-order valence-corrected chi connectivity index (χ3v) is 3.22. The number of nitrogens with one attached hydrogen (secondary N) is 1. The highest BCUT2D eigenvalue weighted by Gasteiger charge is 2.14. The Balaban J connectivity index is 2.21. The van der Waals surface area contributed by atoms with Gasteiger partial charge in [0.05, 0.1) is 22.3 Å². The van der Waals surface area contributed by atoms with Crippen LogP contribution in [0.4, 0.5) is 0 Å². The highest BCUT2D eigenvalue weighted by atomic mass is 16.5. The van der Waals surface area contributed by atoms with E-state index in [-0.39, 0.29) is 5.78 Å². The van der Waals surface area contributed by atoms with Gasteiger partial charge in [0, 0.05) is 23.5 Å². The van der Waals surface area contributed by atoms with Gasteiger partial charge in [-0.05, 0) is 26.8 Å². The minimum absolute atomic E-state index is 0.00355. The first kappa shape index (κ1) is 11.6. The Labute approximate surface area is 109 Å². The quantitative estimate of drug-likeness (QED) is 0.714. The van der Waals surface area contributed by atoms with Crippen molar-refractivity contribution in [2.45, 2.75) is 20.8 Å². The number of aromatic nitrogens is 3. The summed E-state index contributed by atoms with van der Waals surface area (Å²) in [6.07, 6.45) is 3.44. The fourth-order valence-electron chi connectivity index (χ4n) is 2.31. The smallest absolute Gasteiger partial charge is 0.163 e. The molecule has 5 nitrogen and oxygen atoms in total. The van der Waals surface area contributed by atoms with Gasteiger partial charge in [-0.25, -0.2) is 0 Å². The zero-order valence-corrected chi connectivity index (χ0v) is 10.9. The second-order valence-electron chi connectivity index (χ2n) is 4.58. The maximum Gasteiger partial charge on any atom is 0.163 e. The van der Waals surface area contributed by atoms with E-state index in [0.29, 0.717) is 11.1 Å². The molecule has 3 heterocycles. The van der Waals surface area contributed by atoms with E-state index < -0.39 is 0 Å². The van der Waals surface area contributed by atoms with Gasteiger partial charge in [-0.1, -0.05) is 5.16 Å². The molecule has 96 valence electrons. The van der Waals surface area contributed by atoms with Crippen molar-refractivity contribution >= 4 is 16.8 Å². The van der Waals surface area contributed by atoms with Gasteiger partial charge in [0.25, 0.3) is 0 Å². The van der Waals surface area contributed by atoms with Gasteiger partial charge in [0.15, 0.2) is 5.78 Å². The summed E-state index contributed by atoms with van der Waals surface area (Å²) in [4.78, 5) is 18.9. The standard InChI is InChI=1S/C14H13N3O2/c1-7-13(9(3)19-17-7)10-4-12-14(16-5-10)11(6-15-12)8(2)18/h4-6,15H,1-3H3. The van der Waals surface area contributed by atoms with Crippen LogP contribution in [0.1, 0.15) is 28.7 Å². The Morgan fingerprint density at radius 1 is 1.37 bits per heavy atom. The van der Waals surface area contributed by atoms with Crippen molar-refractivity contribution in [1.82, 2.24) is 15.1 Å². The minimum Gasteiger partial charge on any atom is -0.361 e. The van der Waals surface area contributed by atoms with Crippen molar-refractivity contribution < 1.29 is 9.32 Å². The number of aryl methyl sites for hydroxylation is 2. The maximum atomic E-state index is 11.5.